The first-order valence-corrected chi connectivity index (χ1v) is 48.0. The lowest BCUT2D eigenvalue weighted by molar-refractivity contribution is -0.144. The number of rotatable bonds is 47. The molecule has 0 spiro atoms. The topological polar surface area (TPSA) is 917 Å². The largest absolute Gasteiger partial charge is 0.508 e. The van der Waals surface area contributed by atoms with Crippen LogP contribution in [0.5, 0.6) is 5.75 Å². The molecule has 53 nitrogen and oxygen atoms in total. The van der Waals surface area contributed by atoms with Crippen molar-refractivity contribution < 1.29 is 102 Å². The van der Waals surface area contributed by atoms with Crippen molar-refractivity contribution in [1.29, 1.82) is 21.6 Å². The zero-order chi connectivity index (χ0) is 104. The number of nitrogens with two attached hydrogens (primary N) is 9. The molecule has 140 heavy (non-hydrogen) atoms. The Bertz CT molecular complexity index is 4800. The lowest BCUT2D eigenvalue weighted by Crippen LogP contribution is -2.61. The van der Waals surface area contributed by atoms with Crippen LogP contribution in [0, 0.1) is 21.6 Å². The highest BCUT2D eigenvalue weighted by molar-refractivity contribution is 8.76. The smallest absolute Gasteiger partial charge is 0.312 e. The van der Waals surface area contributed by atoms with E-state index < -0.39 is 266 Å². The number of carboxylic acid groups (broad SMARTS) is 2. The van der Waals surface area contributed by atoms with Crippen molar-refractivity contribution in [2.45, 2.75) is 232 Å². The number of nitrogens with one attached hydrogen (secondary N) is 22. The molecule has 0 radical (unpaired) electrons. The molecule has 0 bridgehead atoms. The van der Waals surface area contributed by atoms with E-state index in [1.54, 1.807) is 36.4 Å². The molecule has 3 aromatic carbocycles. The number of unbranched alkanes of at least 4 members (excludes halogenated alkanes) is 1. The van der Waals surface area contributed by atoms with Crippen molar-refractivity contribution >= 4 is 163 Å². The zero-order valence-electron chi connectivity index (χ0n) is 77.4. The van der Waals surface area contributed by atoms with E-state index in [0.717, 1.165) is 10.3 Å². The number of carboxylic acids is 2. The minimum atomic E-state index is -1.94. The van der Waals surface area contributed by atoms with Crippen LogP contribution in [0.4, 0.5) is 9.59 Å². The summed E-state index contributed by atoms with van der Waals surface area (Å²) >= 11 is 0. The van der Waals surface area contributed by atoms with Crippen LogP contribution in [-0.2, 0) is 89.6 Å². The molecule has 2 aliphatic rings. The number of hydrogen-bond acceptors (Lipinski definition) is 27. The van der Waals surface area contributed by atoms with Gasteiger partial charge >= 0.3 is 24.0 Å². The molecule has 0 unspecified atom stereocenters. The van der Waals surface area contributed by atoms with Crippen molar-refractivity contribution in [2.24, 2.45) is 51.6 Å². The maximum absolute atomic E-state index is 16.0. The van der Waals surface area contributed by atoms with Gasteiger partial charge in [0, 0.05) is 83.0 Å². The minimum Gasteiger partial charge on any atom is -0.508 e. The van der Waals surface area contributed by atoms with Crippen LogP contribution in [0.2, 0.25) is 0 Å². The number of aliphatic carboxylic acids is 2. The Labute approximate surface area is 814 Å². The van der Waals surface area contributed by atoms with Gasteiger partial charge in [-0.3, -0.25) is 98.3 Å². The lowest BCUT2D eigenvalue weighted by Gasteiger charge is -2.31. The second kappa shape index (κ2) is 61.6. The fraction of sp³-hybridized carbons (Fsp3) is 0.553. The molecule has 2 heterocycles. The molecule has 3 aromatic rings. The molecular formula is C85H134N32O21S2. The number of nitrogens with zero attached hydrogens (tertiary/aromatic N) is 1. The predicted octanol–water partition coefficient (Wildman–Crippen LogP) is -7.84. The van der Waals surface area contributed by atoms with Gasteiger partial charge in [-0.05, 0) is 163 Å². The average Bonchev–Trinajstić information content (AvgIpc) is 1.64. The molecule has 2 aliphatic heterocycles. The SMILES string of the molecule is N=C(N)NCCC[C@H](NC(=O)[C@@H]1CSSC[C@H](NC(=O)[C@H](Cc2ccc3ccccc3c2)NC(=O)[C@H](CCCNC(=N)N)NC(=O)[C@@H](N)CCCNC(=N)N)C(=O)N[C@@H](Cc2ccc(O)cc2)C(=O)N[C@@H](CCCNC(N)=O)C(=O)N[C@@H](CCCCN)C(=O)N[C@H](CCC(=O)O)C(=O)N2CCC[C@H]2C(=O)N[C@@H](CCC(=O)O)C(=O)N[C@@H](CCCNC(=N)N)C(=O)N[C@@H](CCCNC(N)=O)C(=O)N1)C(N)=O. The molecule has 5 rings (SSSR count). The summed E-state index contributed by atoms with van der Waals surface area (Å²) in [5.74, 6) is -21.6. The van der Waals surface area contributed by atoms with Crippen LogP contribution in [0.15, 0.2) is 66.7 Å². The third-order valence-electron chi connectivity index (χ3n) is 22.1. The van der Waals surface area contributed by atoms with Gasteiger partial charge in [-0.25, -0.2) is 9.59 Å². The third-order valence-corrected chi connectivity index (χ3v) is 24.5. The first kappa shape index (κ1) is 116. The Kier molecular flexibility index (Phi) is 51.1. The van der Waals surface area contributed by atoms with Crippen LogP contribution in [0.1, 0.15) is 146 Å². The Morgan fingerprint density at radius 1 is 0.436 bits per heavy atom. The number of aromatic hydroxyl groups is 1. The molecule has 0 aromatic heterocycles. The Morgan fingerprint density at radius 3 is 1.37 bits per heavy atom. The predicted molar refractivity (Wildman–Crippen MR) is 516 cm³/mol. The number of carbonyl (C=O) groups excluding carboxylic acids is 16. The highest BCUT2D eigenvalue weighted by atomic mass is 33.1. The van der Waals surface area contributed by atoms with Gasteiger partial charge in [-0.15, -0.1) is 0 Å². The van der Waals surface area contributed by atoms with Crippen LogP contribution in [0.25, 0.3) is 10.8 Å². The second-order valence-electron chi connectivity index (χ2n) is 33.2. The quantitative estimate of drug-likeness (QED) is 0.0108. The van der Waals surface area contributed by atoms with Crippen LogP contribution >= 0.6 is 21.6 Å². The molecule has 55 heteroatoms. The molecule has 2 saturated heterocycles. The van der Waals surface area contributed by atoms with Gasteiger partial charge in [0.25, 0.3) is 0 Å². The van der Waals surface area contributed by atoms with E-state index in [1.165, 1.54) is 24.3 Å². The third kappa shape index (κ3) is 43.9. The Hall–Kier alpha value is -14.5. The number of fused-ring (bicyclic) bond motifs is 2. The van der Waals surface area contributed by atoms with Gasteiger partial charge < -0.3 is 168 Å². The maximum Gasteiger partial charge on any atom is 0.312 e. The summed E-state index contributed by atoms with van der Waals surface area (Å²) in [5.41, 5.74) is 51.7. The summed E-state index contributed by atoms with van der Waals surface area (Å²) in [7, 11) is 1.43. The van der Waals surface area contributed by atoms with Crippen molar-refractivity contribution in [3.05, 3.63) is 77.9 Å². The molecule has 18 amide bonds. The standard InChI is InChI=1S/C85H134N32O21S2/c86-32-4-3-15-52-70(127)112-58(29-31-65(121)122)79(136)117-39-11-21-63(117)78(135)111-57(28-30-64(119)120)73(130)109-54(18-8-36-102-83(95)96)68(125)108-56(20-10-38-104-85(98)138)72(129)115-61(76(133)105-51(66(88)123)16-6-34-100-81(91)92)43-139-140-44-62(77(134)114-59(41-45-23-26-49(118)27-24-45)74(131)110-55(69(126)107-52)19-9-37-103-84(97)137)116-75(132)60(42-46-22-25-47-12-1-2-13-48(47)40-46)113-71(128)53(17-7-35-101-82(93)94)106-67(124)50(87)14-5-33-99-80(89)90/h1-2,12-13,22-27,40,50-63,118H,3-11,14-21,28-39,41-44,86-87H2,(H2,88,123)(H,105,133)(H,106,124)(H,107,126)(H,108,125)(H,109,130)(H,110,131)(H,111,135)(H,112,127)(H,113,128)(H,114,134)(H,115,129)(H,116,132)(H,119,120)(H,121,122)(H4,89,90,99)(H4,91,92,100)(H4,93,94,101)(H4,95,96,102)(H3,97,103,137)(H3,98,104,138)/t50-,51-,52-,53-,54-,55-,56-,57-,58+,59-,60-,61-,62-,63-/m0/s1. The molecule has 2 fully saturated rings. The number of hydrogen-bond donors (Lipinski definition) is 34. The van der Waals surface area contributed by atoms with E-state index >= 15 is 47.9 Å². The Balaban J connectivity index is 1.84. The number of benzene rings is 3. The number of guanidine groups is 4. The van der Waals surface area contributed by atoms with Crippen LogP contribution in [-0.4, -0.2) is 299 Å². The van der Waals surface area contributed by atoms with E-state index in [4.69, 9.17) is 73.2 Å². The highest BCUT2D eigenvalue weighted by Gasteiger charge is 2.43. The average molecular weight is 2000 g/mol. The molecule has 0 aliphatic carbocycles. The number of phenols is 1. The van der Waals surface area contributed by atoms with Gasteiger partial charge in [0.15, 0.2) is 23.8 Å². The zero-order valence-corrected chi connectivity index (χ0v) is 79.1. The molecule has 0 saturated carbocycles. The van der Waals surface area contributed by atoms with E-state index in [-0.39, 0.29) is 172 Å². The van der Waals surface area contributed by atoms with Crippen molar-refractivity contribution in [2.75, 3.05) is 63.9 Å². The number of primary amides is 3. The minimum absolute atomic E-state index is 0.00222. The van der Waals surface area contributed by atoms with Crippen molar-refractivity contribution in [1.82, 2.24) is 101 Å². The Morgan fingerprint density at radius 2 is 0.864 bits per heavy atom. The number of amides is 18. The van der Waals surface area contributed by atoms with Crippen LogP contribution < -0.4 is 147 Å². The monoisotopic (exact) mass is 2000 g/mol. The van der Waals surface area contributed by atoms with Crippen LogP contribution in [0.3, 0.4) is 0 Å². The van der Waals surface area contributed by atoms with E-state index in [2.05, 4.69) is 95.7 Å². The molecule has 14 atom stereocenters. The summed E-state index contributed by atoms with van der Waals surface area (Å²) in [6.07, 6.45) is -5.61. The molecular weight excluding hydrogens is 1870 g/mol. The van der Waals surface area contributed by atoms with Gasteiger partial charge in [0.05, 0.1) is 6.04 Å². The van der Waals surface area contributed by atoms with Gasteiger partial charge in [-0.2, -0.15) is 0 Å². The van der Waals surface area contributed by atoms with Crippen molar-refractivity contribution in [3.63, 3.8) is 0 Å². The summed E-state index contributed by atoms with van der Waals surface area (Å²) in [4.78, 5) is 260. The fourth-order valence-electron chi connectivity index (χ4n) is 14.7. The summed E-state index contributed by atoms with van der Waals surface area (Å²) in [5, 5.41) is 109. The van der Waals surface area contributed by atoms with Gasteiger partial charge in [0.1, 0.15) is 84.3 Å². The fourth-order valence-corrected chi connectivity index (χ4v) is 17.1. The summed E-state index contributed by atoms with van der Waals surface area (Å²) in [6.45, 7) is -0.701. The van der Waals surface area contributed by atoms with Gasteiger partial charge in [0.2, 0.25) is 82.7 Å². The maximum atomic E-state index is 16.0. The number of phenolic OH excluding ortho intramolecular Hbond substituents is 1. The first-order chi connectivity index (χ1) is 66.5. The molecule has 772 valence electrons. The normalized spacial score (nSPS) is 20.4. The number of carbonyl (C=O) groups is 18. The lowest BCUT2D eigenvalue weighted by atomic mass is 10.00. The van der Waals surface area contributed by atoms with Gasteiger partial charge in [-0.1, -0.05) is 76.2 Å². The van der Waals surface area contributed by atoms with E-state index in [9.17, 15) is 53.7 Å². The van der Waals surface area contributed by atoms with E-state index in [1.807, 2.05) is 6.07 Å². The highest BCUT2D eigenvalue weighted by Crippen LogP contribution is 2.26. The van der Waals surface area contributed by atoms with Crippen molar-refractivity contribution in [3.8, 4) is 5.75 Å². The number of urea groups is 2. The summed E-state index contributed by atoms with van der Waals surface area (Å²) in [6, 6.07) is -8.53. The first-order valence-electron chi connectivity index (χ1n) is 45.5. The summed E-state index contributed by atoms with van der Waals surface area (Å²) < 4.78 is 0. The molecule has 43 N–H and O–H groups in total. The second-order valence-corrected chi connectivity index (χ2v) is 35.8. The van der Waals surface area contributed by atoms with E-state index in [0.29, 0.717) is 32.5 Å².